The first-order chi connectivity index (χ1) is 9.78. The van der Waals surface area contributed by atoms with Gasteiger partial charge < -0.3 is 0 Å². The van der Waals surface area contributed by atoms with Gasteiger partial charge in [-0.3, -0.25) is 19.6 Å². The van der Waals surface area contributed by atoms with E-state index in [4.69, 9.17) is 0 Å². The summed E-state index contributed by atoms with van der Waals surface area (Å²) >= 11 is 0. The quantitative estimate of drug-likeness (QED) is 0.713. The van der Waals surface area contributed by atoms with Crippen molar-refractivity contribution in [3.8, 4) is 0 Å². The van der Waals surface area contributed by atoms with Gasteiger partial charge in [0.2, 0.25) is 0 Å². The minimum absolute atomic E-state index is 0.476. The molecule has 2 heterocycles. The Balaban J connectivity index is 2.01. The Morgan fingerprint density at radius 3 is 1.75 bits per heavy atom. The van der Waals surface area contributed by atoms with E-state index in [2.05, 4.69) is 52.5 Å². The molecule has 4 nitrogen and oxygen atoms in total. The molecule has 2 aliphatic heterocycles. The molecule has 0 N–H and O–H groups in total. The van der Waals surface area contributed by atoms with E-state index in [-0.39, 0.29) is 0 Å². The molecule has 2 rings (SSSR count). The first kappa shape index (κ1) is 16.0. The zero-order valence-electron chi connectivity index (χ0n) is 13.6. The molecule has 0 aromatic heterocycles. The molecule has 0 unspecified atom stereocenters. The standard InChI is InChI=1S/C16H32N4/c1-4-9-16(19-12-7-10-17(5-2)14-19)20-13-8-11-18(6-3)15-20/h4,9,16H,5-8,10-15H2,1-3H3. The van der Waals surface area contributed by atoms with Gasteiger partial charge in [0.05, 0.1) is 19.5 Å². The van der Waals surface area contributed by atoms with E-state index in [9.17, 15) is 0 Å². The van der Waals surface area contributed by atoms with Crippen LogP contribution in [0.25, 0.3) is 0 Å². The van der Waals surface area contributed by atoms with Gasteiger partial charge in [0.15, 0.2) is 0 Å². The van der Waals surface area contributed by atoms with Gasteiger partial charge in [-0.25, -0.2) is 0 Å². The van der Waals surface area contributed by atoms with Gasteiger partial charge in [-0.15, -0.1) is 0 Å². The SMILES string of the molecule is CC=CC(N1CCCN(CC)C1)N1CCCN(CC)C1. The Morgan fingerprint density at radius 1 is 0.850 bits per heavy atom. The second kappa shape index (κ2) is 8.13. The Labute approximate surface area is 125 Å². The minimum atomic E-state index is 0.476. The summed E-state index contributed by atoms with van der Waals surface area (Å²) < 4.78 is 0. The number of rotatable bonds is 5. The van der Waals surface area contributed by atoms with Gasteiger partial charge in [-0.1, -0.05) is 26.0 Å². The third-order valence-electron chi connectivity index (χ3n) is 4.61. The van der Waals surface area contributed by atoms with Gasteiger partial charge in [0.25, 0.3) is 0 Å². The molecule has 0 amide bonds. The zero-order chi connectivity index (χ0) is 14.4. The van der Waals surface area contributed by atoms with Crippen molar-refractivity contribution in [2.75, 3.05) is 52.6 Å². The Morgan fingerprint density at radius 2 is 1.35 bits per heavy atom. The first-order valence-corrected chi connectivity index (χ1v) is 8.34. The van der Waals surface area contributed by atoms with Crippen LogP contribution in [0.2, 0.25) is 0 Å². The molecular formula is C16H32N4. The summed E-state index contributed by atoms with van der Waals surface area (Å²) in [5.74, 6) is 0. The lowest BCUT2D eigenvalue weighted by Crippen LogP contribution is -2.58. The summed E-state index contributed by atoms with van der Waals surface area (Å²) in [6.07, 6.45) is 7.68. The summed E-state index contributed by atoms with van der Waals surface area (Å²) in [4.78, 5) is 10.4. The second-order valence-electron chi connectivity index (χ2n) is 5.98. The highest BCUT2D eigenvalue weighted by Gasteiger charge is 2.29. The fraction of sp³-hybridized carbons (Fsp3) is 0.875. The topological polar surface area (TPSA) is 13.0 Å². The van der Waals surface area contributed by atoms with E-state index in [1.165, 1.54) is 52.1 Å². The lowest BCUT2D eigenvalue weighted by molar-refractivity contribution is -0.0334. The van der Waals surface area contributed by atoms with E-state index in [0.717, 1.165) is 13.3 Å². The lowest BCUT2D eigenvalue weighted by atomic mass is 10.2. The fourth-order valence-electron chi connectivity index (χ4n) is 3.39. The summed E-state index contributed by atoms with van der Waals surface area (Å²) in [5, 5.41) is 0. The van der Waals surface area contributed by atoms with Crippen molar-refractivity contribution >= 4 is 0 Å². The number of nitrogens with zero attached hydrogens (tertiary/aromatic N) is 4. The van der Waals surface area contributed by atoms with E-state index in [1.54, 1.807) is 0 Å². The molecule has 2 aliphatic rings. The largest absolute Gasteiger partial charge is 0.291 e. The van der Waals surface area contributed by atoms with Gasteiger partial charge in [-0.2, -0.15) is 0 Å². The van der Waals surface area contributed by atoms with Crippen LogP contribution in [0.5, 0.6) is 0 Å². The second-order valence-corrected chi connectivity index (χ2v) is 5.98. The Kier molecular flexibility index (Phi) is 6.49. The van der Waals surface area contributed by atoms with Crippen molar-refractivity contribution in [3.63, 3.8) is 0 Å². The molecule has 116 valence electrons. The van der Waals surface area contributed by atoms with Gasteiger partial charge in [0.1, 0.15) is 0 Å². The van der Waals surface area contributed by atoms with Crippen LogP contribution in [0.1, 0.15) is 33.6 Å². The molecular weight excluding hydrogens is 248 g/mol. The van der Waals surface area contributed by atoms with Gasteiger partial charge >= 0.3 is 0 Å². The van der Waals surface area contributed by atoms with Gasteiger partial charge in [0, 0.05) is 26.2 Å². The maximum atomic E-state index is 2.64. The third kappa shape index (κ3) is 4.04. The highest BCUT2D eigenvalue weighted by molar-refractivity contribution is 4.94. The van der Waals surface area contributed by atoms with Crippen LogP contribution >= 0.6 is 0 Å². The first-order valence-electron chi connectivity index (χ1n) is 8.34. The van der Waals surface area contributed by atoms with Crippen molar-refractivity contribution in [3.05, 3.63) is 12.2 Å². The van der Waals surface area contributed by atoms with Crippen molar-refractivity contribution in [2.24, 2.45) is 0 Å². The highest BCUT2D eigenvalue weighted by atomic mass is 15.5. The molecule has 0 radical (unpaired) electrons. The van der Waals surface area contributed by atoms with Crippen molar-refractivity contribution in [1.82, 2.24) is 19.6 Å². The van der Waals surface area contributed by atoms with Crippen molar-refractivity contribution < 1.29 is 0 Å². The van der Waals surface area contributed by atoms with E-state index < -0.39 is 0 Å². The van der Waals surface area contributed by atoms with Crippen LogP contribution in [0.3, 0.4) is 0 Å². The van der Waals surface area contributed by atoms with E-state index in [0.29, 0.717) is 6.17 Å². The molecule has 0 spiro atoms. The smallest absolute Gasteiger partial charge is 0.0835 e. The van der Waals surface area contributed by atoms with Gasteiger partial charge in [-0.05, 0) is 32.9 Å². The Hall–Kier alpha value is -0.420. The predicted octanol–water partition coefficient (Wildman–Crippen LogP) is 1.86. The molecule has 0 saturated carbocycles. The molecule has 0 aliphatic carbocycles. The van der Waals surface area contributed by atoms with Crippen LogP contribution in [-0.2, 0) is 0 Å². The van der Waals surface area contributed by atoms with Crippen LogP contribution in [0.4, 0.5) is 0 Å². The van der Waals surface area contributed by atoms with Crippen LogP contribution in [0, 0.1) is 0 Å². The predicted molar refractivity (Wildman–Crippen MR) is 85.5 cm³/mol. The van der Waals surface area contributed by atoms with Crippen LogP contribution in [-0.4, -0.2) is 78.4 Å². The molecule has 0 bridgehead atoms. The van der Waals surface area contributed by atoms with E-state index in [1.807, 2.05) is 0 Å². The number of hydrogen-bond donors (Lipinski definition) is 0. The number of allylic oxidation sites excluding steroid dienone is 1. The van der Waals surface area contributed by atoms with Crippen molar-refractivity contribution in [1.29, 1.82) is 0 Å². The highest BCUT2D eigenvalue weighted by Crippen LogP contribution is 2.17. The molecule has 0 atom stereocenters. The molecule has 4 heteroatoms. The van der Waals surface area contributed by atoms with Crippen LogP contribution < -0.4 is 0 Å². The number of hydrogen-bond acceptors (Lipinski definition) is 4. The molecule has 0 aromatic rings. The van der Waals surface area contributed by atoms with Crippen molar-refractivity contribution in [2.45, 2.75) is 39.8 Å². The summed E-state index contributed by atoms with van der Waals surface area (Å²) in [5.41, 5.74) is 0. The third-order valence-corrected chi connectivity index (χ3v) is 4.61. The Bertz CT molecular complexity index is 281. The van der Waals surface area contributed by atoms with E-state index >= 15 is 0 Å². The molecule has 20 heavy (non-hydrogen) atoms. The average molecular weight is 280 g/mol. The summed E-state index contributed by atoms with van der Waals surface area (Å²) in [6, 6.07) is 0. The maximum absolute atomic E-state index is 2.64. The minimum Gasteiger partial charge on any atom is -0.291 e. The molecule has 2 saturated heterocycles. The zero-order valence-corrected chi connectivity index (χ0v) is 13.6. The van der Waals surface area contributed by atoms with Crippen LogP contribution in [0.15, 0.2) is 12.2 Å². The summed E-state index contributed by atoms with van der Waals surface area (Å²) in [7, 11) is 0. The molecule has 0 aromatic carbocycles. The monoisotopic (exact) mass is 280 g/mol. The molecule has 2 fully saturated rings. The summed E-state index contributed by atoms with van der Waals surface area (Å²) in [6.45, 7) is 16.2. The average Bonchev–Trinajstić information content (AvgIpc) is 2.52. The maximum Gasteiger partial charge on any atom is 0.0835 e. The lowest BCUT2D eigenvalue weighted by Gasteiger charge is -2.46. The normalized spacial score (nSPS) is 25.0. The fourth-order valence-corrected chi connectivity index (χ4v) is 3.39.